The molecule has 100 valence electrons. The van der Waals surface area contributed by atoms with Crippen molar-refractivity contribution in [3.63, 3.8) is 0 Å². The van der Waals surface area contributed by atoms with Crippen molar-refractivity contribution in [1.29, 1.82) is 0 Å². The number of benzene rings is 1. The van der Waals surface area contributed by atoms with Gasteiger partial charge in [-0.15, -0.1) is 0 Å². The fourth-order valence-electron chi connectivity index (χ4n) is 2.86. The van der Waals surface area contributed by atoms with E-state index < -0.39 is 0 Å². The predicted molar refractivity (Wildman–Crippen MR) is 78.6 cm³/mol. The largest absolute Gasteiger partial charge is 0.382 e. The van der Waals surface area contributed by atoms with Crippen molar-refractivity contribution in [2.75, 3.05) is 5.73 Å². The van der Waals surface area contributed by atoms with Crippen LogP contribution in [0.25, 0.3) is 5.69 Å². The van der Waals surface area contributed by atoms with Gasteiger partial charge in [0.25, 0.3) is 0 Å². The van der Waals surface area contributed by atoms with E-state index in [-0.39, 0.29) is 0 Å². The van der Waals surface area contributed by atoms with Gasteiger partial charge in [0.15, 0.2) is 0 Å². The highest BCUT2D eigenvalue weighted by molar-refractivity contribution is 5.49. The van der Waals surface area contributed by atoms with E-state index in [1.165, 1.54) is 36.1 Å². The molecule has 1 aliphatic rings. The Morgan fingerprint density at radius 2 is 2.00 bits per heavy atom. The Labute approximate surface area is 114 Å². The monoisotopic (exact) mass is 255 g/mol. The molecule has 0 saturated heterocycles. The van der Waals surface area contributed by atoms with Gasteiger partial charge in [-0.25, -0.2) is 4.68 Å². The number of anilines is 1. The number of aromatic nitrogens is 2. The average molecular weight is 255 g/mol. The number of fused-ring (bicyclic) bond motifs is 1. The Kier molecular flexibility index (Phi) is 3.28. The summed E-state index contributed by atoms with van der Waals surface area (Å²) in [6, 6.07) is 8.75. The summed E-state index contributed by atoms with van der Waals surface area (Å²) in [5.74, 6) is 0.711. The maximum Gasteiger partial charge on any atom is 0.149 e. The van der Waals surface area contributed by atoms with Crippen molar-refractivity contribution in [1.82, 2.24) is 9.78 Å². The van der Waals surface area contributed by atoms with Crippen LogP contribution in [0.3, 0.4) is 0 Å². The Morgan fingerprint density at radius 1 is 1.21 bits per heavy atom. The van der Waals surface area contributed by atoms with Gasteiger partial charge in [0.1, 0.15) is 5.82 Å². The van der Waals surface area contributed by atoms with E-state index in [4.69, 9.17) is 5.73 Å². The fraction of sp³-hybridized carbons (Fsp3) is 0.438. The first-order valence-electron chi connectivity index (χ1n) is 7.25. The molecule has 0 amide bonds. The minimum Gasteiger partial charge on any atom is -0.382 e. The minimum absolute atomic E-state index is 0.711. The van der Waals surface area contributed by atoms with Crippen molar-refractivity contribution < 1.29 is 0 Å². The molecule has 3 heteroatoms. The molecule has 0 unspecified atom stereocenters. The molecule has 3 nitrogen and oxygen atoms in total. The number of unbranched alkanes of at least 4 members (excludes halogenated alkanes) is 1. The van der Waals surface area contributed by atoms with Crippen LogP contribution >= 0.6 is 0 Å². The molecule has 1 aromatic carbocycles. The van der Waals surface area contributed by atoms with E-state index in [9.17, 15) is 0 Å². The lowest BCUT2D eigenvalue weighted by molar-refractivity contribution is 0.782. The summed E-state index contributed by atoms with van der Waals surface area (Å²) in [6.45, 7) is 2.23. The number of rotatable bonds is 4. The highest BCUT2D eigenvalue weighted by Gasteiger charge is 2.21. The van der Waals surface area contributed by atoms with Crippen molar-refractivity contribution in [3.05, 3.63) is 41.1 Å². The molecule has 0 fully saturated rings. The van der Waals surface area contributed by atoms with Crippen LogP contribution in [0.5, 0.6) is 0 Å². The summed E-state index contributed by atoms with van der Waals surface area (Å²) < 4.78 is 2.03. The van der Waals surface area contributed by atoms with Crippen molar-refractivity contribution in [3.8, 4) is 5.69 Å². The van der Waals surface area contributed by atoms with Gasteiger partial charge in [-0.1, -0.05) is 25.5 Å². The normalized spacial score (nSPS) is 13.7. The van der Waals surface area contributed by atoms with E-state index in [2.05, 4.69) is 36.3 Å². The maximum absolute atomic E-state index is 5.99. The Bertz CT molecular complexity index is 566. The van der Waals surface area contributed by atoms with Crippen LogP contribution in [0.1, 0.15) is 43.0 Å². The summed E-state index contributed by atoms with van der Waals surface area (Å²) in [5, 5.41) is 4.49. The molecule has 1 aromatic heterocycles. The third-order valence-corrected chi connectivity index (χ3v) is 3.96. The fourth-order valence-corrected chi connectivity index (χ4v) is 2.86. The van der Waals surface area contributed by atoms with Crippen LogP contribution in [0.2, 0.25) is 0 Å². The summed E-state index contributed by atoms with van der Waals surface area (Å²) in [5.41, 5.74) is 11.1. The lowest BCUT2D eigenvalue weighted by Crippen LogP contribution is -2.02. The molecule has 2 aromatic rings. The molecule has 0 aliphatic heterocycles. The molecule has 3 rings (SSSR count). The minimum atomic E-state index is 0.711. The smallest absolute Gasteiger partial charge is 0.149 e. The number of nitrogen functional groups attached to an aromatic ring is 1. The summed E-state index contributed by atoms with van der Waals surface area (Å²) >= 11 is 0. The third-order valence-electron chi connectivity index (χ3n) is 3.96. The van der Waals surface area contributed by atoms with Crippen LogP contribution in [0.15, 0.2) is 24.3 Å². The Balaban J connectivity index is 1.88. The van der Waals surface area contributed by atoms with Gasteiger partial charge in [-0.2, -0.15) is 5.10 Å². The second-order valence-corrected chi connectivity index (χ2v) is 5.35. The van der Waals surface area contributed by atoms with Gasteiger partial charge in [-0.3, -0.25) is 0 Å². The SMILES string of the molecule is CCCCc1ccc(-n2nc(N)c3c2CCC3)cc1. The Hall–Kier alpha value is -1.77. The first kappa shape index (κ1) is 12.3. The summed E-state index contributed by atoms with van der Waals surface area (Å²) in [4.78, 5) is 0. The van der Waals surface area contributed by atoms with E-state index >= 15 is 0 Å². The topological polar surface area (TPSA) is 43.8 Å². The summed E-state index contributed by atoms with van der Waals surface area (Å²) in [6.07, 6.45) is 7.03. The third kappa shape index (κ3) is 2.25. The second-order valence-electron chi connectivity index (χ2n) is 5.35. The molecule has 0 atom stereocenters. The molecule has 2 N–H and O–H groups in total. The standard InChI is InChI=1S/C16H21N3/c1-2-3-5-12-8-10-13(11-9-12)19-15-7-4-6-14(15)16(17)18-19/h8-11H,2-7H2,1H3,(H2,17,18). The van der Waals surface area contributed by atoms with Gasteiger partial charge in [0.2, 0.25) is 0 Å². The molecular weight excluding hydrogens is 234 g/mol. The van der Waals surface area contributed by atoms with Crippen LogP contribution < -0.4 is 5.73 Å². The summed E-state index contributed by atoms with van der Waals surface area (Å²) in [7, 11) is 0. The highest BCUT2D eigenvalue weighted by atomic mass is 15.3. The van der Waals surface area contributed by atoms with Gasteiger partial charge in [-0.05, 0) is 49.8 Å². The van der Waals surface area contributed by atoms with Crippen LogP contribution in [-0.2, 0) is 19.3 Å². The molecule has 19 heavy (non-hydrogen) atoms. The number of hydrogen-bond donors (Lipinski definition) is 1. The molecule has 0 saturated carbocycles. The van der Waals surface area contributed by atoms with Crippen LogP contribution in [-0.4, -0.2) is 9.78 Å². The van der Waals surface area contributed by atoms with Gasteiger partial charge >= 0.3 is 0 Å². The van der Waals surface area contributed by atoms with Crippen LogP contribution in [0.4, 0.5) is 5.82 Å². The molecule has 0 spiro atoms. The first-order valence-corrected chi connectivity index (χ1v) is 7.25. The quantitative estimate of drug-likeness (QED) is 0.911. The Morgan fingerprint density at radius 3 is 2.74 bits per heavy atom. The zero-order valence-corrected chi connectivity index (χ0v) is 11.5. The van der Waals surface area contributed by atoms with E-state index in [0.29, 0.717) is 5.82 Å². The van der Waals surface area contributed by atoms with Crippen LogP contribution in [0, 0.1) is 0 Å². The van der Waals surface area contributed by atoms with Gasteiger partial charge in [0.05, 0.1) is 5.69 Å². The van der Waals surface area contributed by atoms with Gasteiger partial charge < -0.3 is 5.73 Å². The molecule has 1 heterocycles. The number of nitrogens with two attached hydrogens (primary N) is 1. The van der Waals surface area contributed by atoms with Crippen molar-refractivity contribution in [2.24, 2.45) is 0 Å². The van der Waals surface area contributed by atoms with E-state index in [0.717, 1.165) is 24.9 Å². The van der Waals surface area contributed by atoms with Gasteiger partial charge in [0, 0.05) is 11.3 Å². The molecule has 1 aliphatic carbocycles. The molecule has 0 bridgehead atoms. The lowest BCUT2D eigenvalue weighted by atomic mass is 10.1. The molecular formula is C16H21N3. The molecule has 0 radical (unpaired) electrons. The van der Waals surface area contributed by atoms with E-state index in [1.807, 2.05) is 4.68 Å². The number of nitrogens with zero attached hydrogens (tertiary/aromatic N) is 2. The predicted octanol–water partition coefficient (Wildman–Crippen LogP) is 3.29. The van der Waals surface area contributed by atoms with E-state index in [1.54, 1.807) is 0 Å². The lowest BCUT2D eigenvalue weighted by Gasteiger charge is -2.07. The maximum atomic E-state index is 5.99. The highest BCUT2D eigenvalue weighted by Crippen LogP contribution is 2.29. The number of hydrogen-bond acceptors (Lipinski definition) is 2. The zero-order valence-electron chi connectivity index (χ0n) is 11.5. The average Bonchev–Trinajstić information content (AvgIpc) is 3.02. The van der Waals surface area contributed by atoms with Crippen molar-refractivity contribution in [2.45, 2.75) is 45.4 Å². The zero-order chi connectivity index (χ0) is 13.2. The first-order chi connectivity index (χ1) is 9.29. The number of aryl methyl sites for hydroxylation is 1. The van der Waals surface area contributed by atoms with Crippen molar-refractivity contribution >= 4 is 5.82 Å². The second kappa shape index (κ2) is 5.08.